The number of esters is 1. The third kappa shape index (κ3) is 5.97. The van der Waals surface area contributed by atoms with Crippen molar-refractivity contribution in [2.75, 3.05) is 31.4 Å². The molecular weight excluding hydrogens is 372 g/mol. The van der Waals surface area contributed by atoms with Gasteiger partial charge in [0.1, 0.15) is 0 Å². The van der Waals surface area contributed by atoms with Gasteiger partial charge in [-0.2, -0.15) is 0 Å². The monoisotopic (exact) mass is 394 g/mol. The van der Waals surface area contributed by atoms with Crippen LogP contribution in [0.2, 0.25) is 0 Å². The summed E-state index contributed by atoms with van der Waals surface area (Å²) in [7, 11) is 1.59. The topological polar surface area (TPSA) is 115 Å². The van der Waals surface area contributed by atoms with Crippen molar-refractivity contribution < 1.29 is 19.1 Å². The molecule has 0 spiro atoms. The van der Waals surface area contributed by atoms with Crippen molar-refractivity contribution in [3.63, 3.8) is 0 Å². The lowest BCUT2D eigenvalue weighted by Crippen LogP contribution is -2.20. The van der Waals surface area contributed by atoms with Crippen LogP contribution in [0.4, 0.5) is 5.69 Å². The SMILES string of the molecule is CCOC(=O)c1ccccc1NC(=O)CSc1n[nH]c(=O)n1CCCOC. The second-order valence-corrected chi connectivity index (χ2v) is 6.35. The van der Waals surface area contributed by atoms with E-state index < -0.39 is 5.97 Å². The smallest absolute Gasteiger partial charge is 0.343 e. The molecule has 0 bridgehead atoms. The minimum absolute atomic E-state index is 0.0335. The van der Waals surface area contributed by atoms with Crippen LogP contribution in [0.15, 0.2) is 34.2 Å². The molecule has 0 saturated heterocycles. The standard InChI is InChI=1S/C17H22N4O5S/c1-3-26-15(23)12-7-4-5-8-13(12)18-14(22)11-27-17-20-19-16(24)21(17)9-6-10-25-2/h4-5,7-8H,3,6,9-11H2,1-2H3,(H,18,22)(H,19,24). The molecule has 10 heteroatoms. The first-order valence-electron chi connectivity index (χ1n) is 8.39. The molecule has 1 aromatic heterocycles. The van der Waals surface area contributed by atoms with Crippen molar-refractivity contribution in [2.45, 2.75) is 25.0 Å². The summed E-state index contributed by atoms with van der Waals surface area (Å²) in [6.07, 6.45) is 0.655. The zero-order valence-electron chi connectivity index (χ0n) is 15.2. The summed E-state index contributed by atoms with van der Waals surface area (Å²) < 4.78 is 11.4. The fourth-order valence-electron chi connectivity index (χ4n) is 2.27. The van der Waals surface area contributed by atoms with Gasteiger partial charge < -0.3 is 14.8 Å². The Morgan fingerprint density at radius 3 is 2.85 bits per heavy atom. The van der Waals surface area contributed by atoms with E-state index in [1.807, 2.05) is 0 Å². The minimum Gasteiger partial charge on any atom is -0.462 e. The fourth-order valence-corrected chi connectivity index (χ4v) is 3.05. The van der Waals surface area contributed by atoms with E-state index in [4.69, 9.17) is 9.47 Å². The van der Waals surface area contributed by atoms with Crippen LogP contribution in [0.25, 0.3) is 0 Å². The Kier molecular flexibility index (Phi) is 8.08. The Hall–Kier alpha value is -2.59. The molecule has 9 nitrogen and oxygen atoms in total. The summed E-state index contributed by atoms with van der Waals surface area (Å²) in [6.45, 7) is 2.92. The highest BCUT2D eigenvalue weighted by molar-refractivity contribution is 7.99. The van der Waals surface area contributed by atoms with Crippen LogP contribution >= 0.6 is 11.8 Å². The highest BCUT2D eigenvalue weighted by Gasteiger charge is 2.15. The molecular formula is C17H22N4O5S. The summed E-state index contributed by atoms with van der Waals surface area (Å²) >= 11 is 1.13. The van der Waals surface area contributed by atoms with Crippen molar-refractivity contribution in [3.8, 4) is 0 Å². The third-order valence-corrected chi connectivity index (χ3v) is 4.46. The van der Waals surface area contributed by atoms with E-state index >= 15 is 0 Å². The number of aromatic amines is 1. The first kappa shape index (κ1) is 20.7. The van der Waals surface area contributed by atoms with E-state index in [-0.39, 0.29) is 29.5 Å². The number of anilines is 1. The van der Waals surface area contributed by atoms with Crippen molar-refractivity contribution >= 4 is 29.3 Å². The first-order chi connectivity index (χ1) is 13.1. The number of carbonyl (C=O) groups is 2. The summed E-state index contributed by atoms with van der Waals surface area (Å²) in [5.74, 6) is -0.790. The van der Waals surface area contributed by atoms with Crippen molar-refractivity contribution in [3.05, 3.63) is 40.3 Å². The molecule has 2 N–H and O–H groups in total. The van der Waals surface area contributed by atoms with Crippen molar-refractivity contribution in [1.29, 1.82) is 0 Å². The number of hydrogen-bond acceptors (Lipinski definition) is 7. The predicted octanol–water partition coefficient (Wildman–Crippen LogP) is 1.52. The van der Waals surface area contributed by atoms with Crippen LogP contribution in [0, 0.1) is 0 Å². The summed E-state index contributed by atoms with van der Waals surface area (Å²) in [5, 5.41) is 9.43. The molecule has 0 aliphatic rings. The van der Waals surface area contributed by atoms with Gasteiger partial charge in [-0.3, -0.25) is 9.36 Å². The quantitative estimate of drug-likeness (QED) is 0.356. The number of amides is 1. The molecule has 1 amide bonds. The lowest BCUT2D eigenvalue weighted by atomic mass is 10.2. The van der Waals surface area contributed by atoms with Gasteiger partial charge in [-0.15, -0.1) is 5.10 Å². The summed E-state index contributed by atoms with van der Waals surface area (Å²) in [5.41, 5.74) is 0.330. The normalized spacial score (nSPS) is 10.6. The Morgan fingerprint density at radius 2 is 2.11 bits per heavy atom. The number of aromatic nitrogens is 3. The number of benzene rings is 1. The molecule has 0 radical (unpaired) electrons. The average Bonchev–Trinajstić information content (AvgIpc) is 3.01. The van der Waals surface area contributed by atoms with Gasteiger partial charge in [-0.1, -0.05) is 23.9 Å². The van der Waals surface area contributed by atoms with E-state index in [0.29, 0.717) is 30.4 Å². The maximum absolute atomic E-state index is 12.3. The Labute approximate surface area is 160 Å². The van der Waals surface area contributed by atoms with E-state index in [9.17, 15) is 14.4 Å². The minimum atomic E-state index is -0.500. The Balaban J connectivity index is 1.98. The van der Waals surface area contributed by atoms with Gasteiger partial charge in [0, 0.05) is 20.3 Å². The number of ether oxygens (including phenoxy) is 2. The van der Waals surface area contributed by atoms with Crippen LogP contribution in [0.1, 0.15) is 23.7 Å². The highest BCUT2D eigenvalue weighted by Crippen LogP contribution is 2.18. The van der Waals surface area contributed by atoms with Crippen molar-refractivity contribution in [2.24, 2.45) is 0 Å². The molecule has 146 valence electrons. The summed E-state index contributed by atoms with van der Waals surface area (Å²) in [4.78, 5) is 36.0. The average molecular weight is 394 g/mol. The molecule has 0 aliphatic carbocycles. The van der Waals surface area contributed by atoms with Gasteiger partial charge in [-0.05, 0) is 25.5 Å². The molecule has 0 unspecified atom stereocenters. The highest BCUT2D eigenvalue weighted by atomic mass is 32.2. The molecule has 2 aromatic rings. The van der Waals surface area contributed by atoms with E-state index in [2.05, 4.69) is 15.5 Å². The van der Waals surface area contributed by atoms with Crippen LogP contribution < -0.4 is 11.0 Å². The molecule has 0 fully saturated rings. The van der Waals surface area contributed by atoms with E-state index in [0.717, 1.165) is 11.8 Å². The van der Waals surface area contributed by atoms with Crippen LogP contribution in [0.5, 0.6) is 0 Å². The van der Waals surface area contributed by atoms with Crippen LogP contribution in [-0.4, -0.2) is 52.7 Å². The maximum atomic E-state index is 12.3. The number of nitrogens with zero attached hydrogens (tertiary/aromatic N) is 2. The molecule has 1 heterocycles. The number of nitrogens with one attached hydrogen (secondary N) is 2. The number of hydrogen-bond donors (Lipinski definition) is 2. The molecule has 1 aromatic carbocycles. The maximum Gasteiger partial charge on any atom is 0.343 e. The number of thioether (sulfide) groups is 1. The Bertz CT molecular complexity index is 833. The Morgan fingerprint density at radius 1 is 1.33 bits per heavy atom. The van der Waals surface area contributed by atoms with Crippen molar-refractivity contribution in [1.82, 2.24) is 14.8 Å². The molecule has 0 aliphatic heterocycles. The third-order valence-electron chi connectivity index (χ3n) is 3.48. The number of rotatable bonds is 10. The van der Waals surface area contributed by atoms with E-state index in [1.165, 1.54) is 4.57 Å². The van der Waals surface area contributed by atoms with Crippen LogP contribution in [-0.2, 0) is 20.8 Å². The van der Waals surface area contributed by atoms with Gasteiger partial charge in [0.2, 0.25) is 5.91 Å². The van der Waals surface area contributed by atoms with Gasteiger partial charge >= 0.3 is 11.7 Å². The number of carbonyl (C=O) groups excluding carboxylic acids is 2. The van der Waals surface area contributed by atoms with Crippen LogP contribution in [0.3, 0.4) is 0 Å². The molecule has 0 saturated carbocycles. The molecule has 0 atom stereocenters. The van der Waals surface area contributed by atoms with Gasteiger partial charge in [-0.25, -0.2) is 14.7 Å². The second kappa shape index (κ2) is 10.5. The van der Waals surface area contributed by atoms with Gasteiger partial charge in [0.15, 0.2) is 5.16 Å². The zero-order chi connectivity index (χ0) is 19.6. The number of H-pyrrole nitrogens is 1. The number of methoxy groups -OCH3 is 1. The lowest BCUT2D eigenvalue weighted by molar-refractivity contribution is -0.113. The van der Waals surface area contributed by atoms with E-state index in [1.54, 1.807) is 38.3 Å². The lowest BCUT2D eigenvalue weighted by Gasteiger charge is -2.10. The fraction of sp³-hybridized carbons (Fsp3) is 0.412. The summed E-state index contributed by atoms with van der Waals surface area (Å²) in [6, 6.07) is 6.62. The predicted molar refractivity (Wildman–Crippen MR) is 101 cm³/mol. The van der Waals surface area contributed by atoms with Gasteiger partial charge in [0.05, 0.1) is 23.6 Å². The van der Waals surface area contributed by atoms with Gasteiger partial charge in [0.25, 0.3) is 0 Å². The largest absolute Gasteiger partial charge is 0.462 e. The zero-order valence-corrected chi connectivity index (χ0v) is 16.0. The molecule has 2 rings (SSSR count). The first-order valence-corrected chi connectivity index (χ1v) is 9.38. The number of para-hydroxylation sites is 1. The molecule has 27 heavy (non-hydrogen) atoms. The second-order valence-electron chi connectivity index (χ2n) is 5.41.